The zero-order valence-electron chi connectivity index (χ0n) is 13.8. The van der Waals surface area contributed by atoms with Crippen LogP contribution in [0.3, 0.4) is 0 Å². The van der Waals surface area contributed by atoms with Crippen LogP contribution in [0.4, 0.5) is 4.39 Å². The highest BCUT2D eigenvalue weighted by molar-refractivity contribution is 7.09. The monoisotopic (exact) mass is 364 g/mol. The van der Waals surface area contributed by atoms with Crippen molar-refractivity contribution in [2.45, 2.75) is 12.6 Å². The Kier molecular flexibility index (Phi) is 6.09. The lowest BCUT2D eigenvalue weighted by molar-refractivity contribution is 0.0161. The molecule has 1 aromatic carbocycles. The van der Waals surface area contributed by atoms with E-state index in [0.29, 0.717) is 32.0 Å². The van der Waals surface area contributed by atoms with Crippen LogP contribution >= 0.6 is 11.3 Å². The molecule has 0 aliphatic carbocycles. The molecule has 3 N–H and O–H groups in total. The van der Waals surface area contributed by atoms with Crippen molar-refractivity contribution in [1.82, 2.24) is 15.2 Å². The van der Waals surface area contributed by atoms with E-state index in [1.807, 2.05) is 6.07 Å². The minimum Gasteiger partial charge on any atom is -0.379 e. The number of aromatic nitrogens is 1. The summed E-state index contributed by atoms with van der Waals surface area (Å²) in [5.74, 6) is -0.528. The van der Waals surface area contributed by atoms with Crippen LogP contribution in [-0.4, -0.2) is 48.6 Å². The summed E-state index contributed by atoms with van der Waals surface area (Å²) in [5.41, 5.74) is 6.74. The van der Waals surface area contributed by atoms with Crippen molar-refractivity contribution in [3.05, 3.63) is 51.7 Å². The number of nitrogens with zero attached hydrogens (tertiary/aromatic N) is 2. The number of nitrogens with two attached hydrogens (primary N) is 1. The Balaban J connectivity index is 1.71. The van der Waals surface area contributed by atoms with Crippen molar-refractivity contribution in [2.75, 3.05) is 32.8 Å². The molecule has 1 amide bonds. The van der Waals surface area contributed by atoms with E-state index in [1.165, 1.54) is 23.5 Å². The van der Waals surface area contributed by atoms with Crippen LogP contribution in [0.2, 0.25) is 0 Å². The van der Waals surface area contributed by atoms with E-state index in [0.717, 1.165) is 23.7 Å². The Morgan fingerprint density at radius 1 is 1.44 bits per heavy atom. The van der Waals surface area contributed by atoms with Crippen molar-refractivity contribution in [1.29, 1.82) is 0 Å². The Labute approximate surface area is 149 Å². The highest BCUT2D eigenvalue weighted by Gasteiger charge is 2.24. The third-order valence-electron chi connectivity index (χ3n) is 4.13. The smallest absolute Gasteiger partial charge is 0.270 e. The van der Waals surface area contributed by atoms with Gasteiger partial charge in [0.15, 0.2) is 0 Å². The summed E-state index contributed by atoms with van der Waals surface area (Å²) < 4.78 is 19.0. The maximum atomic E-state index is 13.6. The molecule has 0 spiro atoms. The van der Waals surface area contributed by atoms with Gasteiger partial charge in [-0.15, -0.1) is 11.3 Å². The van der Waals surface area contributed by atoms with Crippen LogP contribution in [0.15, 0.2) is 29.6 Å². The van der Waals surface area contributed by atoms with Crippen molar-refractivity contribution < 1.29 is 13.9 Å². The van der Waals surface area contributed by atoms with Crippen molar-refractivity contribution in [2.24, 2.45) is 5.73 Å². The average molecular weight is 364 g/mol. The Bertz CT molecular complexity index is 718. The van der Waals surface area contributed by atoms with Gasteiger partial charge in [-0.3, -0.25) is 9.69 Å². The predicted octanol–water partition coefficient (Wildman–Crippen LogP) is 1.54. The lowest BCUT2D eigenvalue weighted by Gasteiger charge is -2.34. The predicted molar refractivity (Wildman–Crippen MR) is 93.9 cm³/mol. The number of ether oxygens (including phenoxy) is 1. The number of carbonyl (C=O) groups is 1. The van der Waals surface area contributed by atoms with Crippen LogP contribution in [0.5, 0.6) is 0 Å². The number of amides is 1. The molecule has 1 saturated heterocycles. The fourth-order valence-electron chi connectivity index (χ4n) is 2.85. The average Bonchev–Trinajstić information content (AvgIpc) is 3.12. The van der Waals surface area contributed by atoms with Gasteiger partial charge in [-0.05, 0) is 17.7 Å². The van der Waals surface area contributed by atoms with E-state index in [-0.39, 0.29) is 17.8 Å². The van der Waals surface area contributed by atoms with E-state index in [9.17, 15) is 9.18 Å². The van der Waals surface area contributed by atoms with Gasteiger partial charge in [0, 0.05) is 31.6 Å². The van der Waals surface area contributed by atoms with E-state index in [4.69, 9.17) is 10.5 Å². The van der Waals surface area contributed by atoms with Gasteiger partial charge in [0.25, 0.3) is 5.91 Å². The Morgan fingerprint density at radius 2 is 2.24 bits per heavy atom. The highest BCUT2D eigenvalue weighted by atomic mass is 32.1. The van der Waals surface area contributed by atoms with Crippen LogP contribution in [-0.2, 0) is 11.3 Å². The molecule has 134 valence electrons. The first-order valence-electron chi connectivity index (χ1n) is 8.17. The van der Waals surface area contributed by atoms with Crippen molar-refractivity contribution in [3.8, 4) is 0 Å². The minimum absolute atomic E-state index is 0.115. The van der Waals surface area contributed by atoms with Gasteiger partial charge in [-0.2, -0.15) is 0 Å². The minimum atomic E-state index is -0.283. The first-order valence-corrected chi connectivity index (χ1v) is 9.05. The number of morpholine rings is 1. The lowest BCUT2D eigenvalue weighted by atomic mass is 10.0. The summed E-state index contributed by atoms with van der Waals surface area (Å²) >= 11 is 1.37. The third-order valence-corrected chi connectivity index (χ3v) is 5.01. The Hall–Kier alpha value is -1.87. The second kappa shape index (κ2) is 8.48. The first kappa shape index (κ1) is 17.9. The molecule has 1 aromatic heterocycles. The SMILES string of the molecule is NCc1nc(C(=O)NCC(c2cccc(F)c2)N2CCOCC2)cs1. The molecule has 0 saturated carbocycles. The number of hydrogen-bond donors (Lipinski definition) is 2. The molecule has 1 unspecified atom stereocenters. The molecule has 2 aromatic rings. The molecule has 2 heterocycles. The number of benzene rings is 1. The maximum absolute atomic E-state index is 13.6. The molecule has 1 fully saturated rings. The summed E-state index contributed by atoms with van der Waals surface area (Å²) in [5, 5.41) is 5.33. The number of thiazole rings is 1. The quantitative estimate of drug-likeness (QED) is 0.813. The molecule has 8 heteroatoms. The molecular weight excluding hydrogens is 343 g/mol. The molecule has 0 bridgehead atoms. The Morgan fingerprint density at radius 3 is 2.92 bits per heavy atom. The molecular formula is C17H21FN4O2S. The van der Waals surface area contributed by atoms with E-state index in [1.54, 1.807) is 11.4 Å². The van der Waals surface area contributed by atoms with Gasteiger partial charge in [-0.1, -0.05) is 12.1 Å². The zero-order valence-corrected chi connectivity index (χ0v) is 14.6. The van der Waals surface area contributed by atoms with Crippen molar-refractivity contribution in [3.63, 3.8) is 0 Å². The number of halogens is 1. The van der Waals surface area contributed by atoms with Gasteiger partial charge in [0.05, 0.1) is 19.3 Å². The molecule has 25 heavy (non-hydrogen) atoms. The molecule has 6 nitrogen and oxygen atoms in total. The molecule has 1 atom stereocenters. The molecule has 3 rings (SSSR count). The van der Waals surface area contributed by atoms with Crippen LogP contribution in [0, 0.1) is 5.82 Å². The zero-order chi connectivity index (χ0) is 17.6. The normalized spacial score (nSPS) is 16.6. The van der Waals surface area contributed by atoms with Gasteiger partial charge < -0.3 is 15.8 Å². The van der Waals surface area contributed by atoms with Gasteiger partial charge in [0.1, 0.15) is 16.5 Å². The van der Waals surface area contributed by atoms with Crippen LogP contribution < -0.4 is 11.1 Å². The highest BCUT2D eigenvalue weighted by Crippen LogP contribution is 2.22. The van der Waals surface area contributed by atoms with Gasteiger partial charge in [-0.25, -0.2) is 9.37 Å². The largest absolute Gasteiger partial charge is 0.379 e. The van der Waals surface area contributed by atoms with E-state index in [2.05, 4.69) is 15.2 Å². The summed E-state index contributed by atoms with van der Waals surface area (Å²) in [6, 6.07) is 6.39. The second-order valence-electron chi connectivity index (χ2n) is 5.76. The molecule has 0 radical (unpaired) electrons. The van der Waals surface area contributed by atoms with Gasteiger partial charge >= 0.3 is 0 Å². The summed E-state index contributed by atoms with van der Waals surface area (Å²) in [6.45, 7) is 3.43. The van der Waals surface area contributed by atoms with E-state index >= 15 is 0 Å². The molecule has 1 aliphatic rings. The number of hydrogen-bond acceptors (Lipinski definition) is 6. The number of nitrogens with one attached hydrogen (secondary N) is 1. The summed E-state index contributed by atoms with van der Waals surface area (Å²) in [6.07, 6.45) is 0. The summed E-state index contributed by atoms with van der Waals surface area (Å²) in [7, 11) is 0. The lowest BCUT2D eigenvalue weighted by Crippen LogP contribution is -2.43. The summed E-state index contributed by atoms with van der Waals surface area (Å²) in [4.78, 5) is 18.7. The standard InChI is InChI=1S/C17H21FN4O2S/c18-13-3-1-2-12(8-13)15(22-4-6-24-7-5-22)10-20-17(23)14-11-25-16(9-19)21-14/h1-3,8,11,15H,4-7,9-10,19H2,(H,20,23). The maximum Gasteiger partial charge on any atom is 0.270 e. The fourth-order valence-corrected chi connectivity index (χ4v) is 3.50. The topological polar surface area (TPSA) is 80.5 Å². The van der Waals surface area contributed by atoms with Crippen LogP contribution in [0.25, 0.3) is 0 Å². The second-order valence-corrected chi connectivity index (χ2v) is 6.70. The number of carbonyl (C=O) groups excluding carboxylic acids is 1. The molecule has 1 aliphatic heterocycles. The van der Waals surface area contributed by atoms with Gasteiger partial charge in [0.2, 0.25) is 0 Å². The van der Waals surface area contributed by atoms with Crippen molar-refractivity contribution >= 4 is 17.2 Å². The number of rotatable bonds is 6. The van der Waals surface area contributed by atoms with Crippen LogP contribution in [0.1, 0.15) is 27.1 Å². The fraction of sp³-hybridized carbons (Fsp3) is 0.412. The third kappa shape index (κ3) is 4.60. The van der Waals surface area contributed by atoms with E-state index < -0.39 is 0 Å². The first-order chi connectivity index (χ1) is 12.2.